The number of likely N-dealkylation sites (tertiary alicyclic amines) is 1. The first-order valence-corrected chi connectivity index (χ1v) is 8.13. The first-order chi connectivity index (χ1) is 10.4. The smallest absolute Gasteiger partial charge is 0.410 e. The number of amides is 1. The quantitative estimate of drug-likeness (QED) is 0.752. The minimum absolute atomic E-state index is 0.134. The van der Waals surface area contributed by atoms with E-state index in [-0.39, 0.29) is 18.4 Å². The van der Waals surface area contributed by atoms with Crippen LogP contribution < -0.4 is 0 Å². The SMILES string of the molecule is C#CC(OC1CCCCO1)[C@@H]1CCCN1C(=O)OC(C)(C)C. The number of hydrogen-bond donors (Lipinski definition) is 0. The van der Waals surface area contributed by atoms with E-state index in [0.29, 0.717) is 13.2 Å². The summed E-state index contributed by atoms with van der Waals surface area (Å²) in [5.74, 6) is 2.69. The molecule has 124 valence electrons. The number of ether oxygens (including phenoxy) is 3. The molecule has 2 fully saturated rings. The van der Waals surface area contributed by atoms with Gasteiger partial charge in [-0.3, -0.25) is 0 Å². The van der Waals surface area contributed by atoms with Gasteiger partial charge >= 0.3 is 6.09 Å². The van der Waals surface area contributed by atoms with Crippen LogP contribution in [0.15, 0.2) is 0 Å². The minimum atomic E-state index is -0.511. The second-order valence-corrected chi connectivity index (χ2v) is 6.90. The van der Waals surface area contributed by atoms with Gasteiger partial charge in [-0.15, -0.1) is 6.42 Å². The Labute approximate surface area is 133 Å². The zero-order valence-corrected chi connectivity index (χ0v) is 13.8. The zero-order chi connectivity index (χ0) is 16.2. The lowest BCUT2D eigenvalue weighted by Crippen LogP contribution is -2.46. The molecule has 0 saturated carbocycles. The van der Waals surface area contributed by atoms with Crippen LogP contribution in [0.4, 0.5) is 4.79 Å². The van der Waals surface area contributed by atoms with Gasteiger partial charge < -0.3 is 19.1 Å². The Bertz CT molecular complexity index is 417. The standard InChI is InChI=1S/C17H27NO4/c1-5-14(21-15-10-6-7-12-20-15)13-9-8-11-18(13)16(19)22-17(2,3)4/h1,13-15H,6-12H2,2-4H3/t13-,14?,15?/m0/s1. The van der Waals surface area contributed by atoms with Gasteiger partial charge in [0.2, 0.25) is 0 Å². The molecule has 2 saturated heterocycles. The van der Waals surface area contributed by atoms with Crippen LogP contribution in [0.1, 0.15) is 52.9 Å². The molecular weight excluding hydrogens is 282 g/mol. The lowest BCUT2D eigenvalue weighted by Gasteiger charge is -2.33. The van der Waals surface area contributed by atoms with Gasteiger partial charge in [0.15, 0.2) is 6.29 Å². The summed E-state index contributed by atoms with van der Waals surface area (Å²) < 4.78 is 17.0. The first-order valence-electron chi connectivity index (χ1n) is 8.13. The van der Waals surface area contributed by atoms with Gasteiger partial charge in [-0.25, -0.2) is 4.79 Å². The van der Waals surface area contributed by atoms with Crippen molar-refractivity contribution < 1.29 is 19.0 Å². The highest BCUT2D eigenvalue weighted by Gasteiger charge is 2.38. The van der Waals surface area contributed by atoms with Gasteiger partial charge in [0.05, 0.1) is 6.04 Å². The van der Waals surface area contributed by atoms with Crippen molar-refractivity contribution in [2.75, 3.05) is 13.2 Å². The third kappa shape index (κ3) is 4.62. The molecule has 2 unspecified atom stereocenters. The number of carbonyl (C=O) groups excluding carboxylic acids is 1. The summed E-state index contributed by atoms with van der Waals surface area (Å²) in [6.07, 6.45) is 9.39. The number of rotatable bonds is 3. The lowest BCUT2D eigenvalue weighted by atomic mass is 10.1. The van der Waals surface area contributed by atoms with E-state index in [2.05, 4.69) is 5.92 Å². The molecular formula is C17H27NO4. The summed E-state index contributed by atoms with van der Waals surface area (Å²) in [7, 11) is 0. The van der Waals surface area contributed by atoms with Crippen molar-refractivity contribution in [1.82, 2.24) is 4.90 Å². The van der Waals surface area contributed by atoms with Crippen LogP contribution >= 0.6 is 0 Å². The highest BCUT2D eigenvalue weighted by molar-refractivity contribution is 5.69. The Balaban J connectivity index is 1.97. The summed E-state index contributed by atoms with van der Waals surface area (Å²) in [5, 5.41) is 0. The van der Waals surface area contributed by atoms with Gasteiger partial charge in [0, 0.05) is 13.2 Å². The van der Waals surface area contributed by atoms with Crippen molar-refractivity contribution in [3.63, 3.8) is 0 Å². The van der Waals surface area contributed by atoms with E-state index in [1.54, 1.807) is 4.90 Å². The summed E-state index contributed by atoms with van der Waals surface area (Å²) in [5.41, 5.74) is -0.511. The van der Waals surface area contributed by atoms with Crippen LogP contribution in [-0.2, 0) is 14.2 Å². The second-order valence-electron chi connectivity index (χ2n) is 6.90. The molecule has 3 atom stereocenters. The Kier molecular flexibility index (Phi) is 5.71. The molecule has 0 bridgehead atoms. The maximum atomic E-state index is 12.3. The van der Waals surface area contributed by atoms with E-state index in [9.17, 15) is 4.79 Å². The average molecular weight is 309 g/mol. The van der Waals surface area contributed by atoms with Crippen LogP contribution in [0.5, 0.6) is 0 Å². The fraction of sp³-hybridized carbons (Fsp3) is 0.824. The minimum Gasteiger partial charge on any atom is -0.444 e. The Hall–Kier alpha value is -1.25. The number of carbonyl (C=O) groups is 1. The molecule has 2 heterocycles. The molecule has 1 amide bonds. The highest BCUT2D eigenvalue weighted by atomic mass is 16.7. The van der Waals surface area contributed by atoms with E-state index in [4.69, 9.17) is 20.6 Å². The molecule has 5 nitrogen and oxygen atoms in total. The number of nitrogens with zero attached hydrogens (tertiary/aromatic N) is 1. The molecule has 2 rings (SSSR count). The van der Waals surface area contributed by atoms with E-state index in [1.165, 1.54) is 0 Å². The van der Waals surface area contributed by atoms with Crippen molar-refractivity contribution in [2.24, 2.45) is 0 Å². The molecule has 0 spiro atoms. The summed E-state index contributed by atoms with van der Waals surface area (Å²) in [4.78, 5) is 14.0. The molecule has 0 aromatic rings. The predicted molar refractivity (Wildman–Crippen MR) is 83.3 cm³/mol. The third-order valence-electron chi connectivity index (χ3n) is 3.88. The van der Waals surface area contributed by atoms with E-state index in [1.807, 2.05) is 20.8 Å². The first kappa shape index (κ1) is 17.1. The number of hydrogen-bond acceptors (Lipinski definition) is 4. The van der Waals surface area contributed by atoms with Crippen molar-refractivity contribution >= 4 is 6.09 Å². The summed E-state index contributed by atoms with van der Waals surface area (Å²) in [6, 6.07) is -0.134. The molecule has 0 radical (unpaired) electrons. The largest absolute Gasteiger partial charge is 0.444 e. The van der Waals surface area contributed by atoms with E-state index < -0.39 is 11.7 Å². The van der Waals surface area contributed by atoms with Crippen molar-refractivity contribution in [3.8, 4) is 12.3 Å². The van der Waals surface area contributed by atoms with E-state index in [0.717, 1.165) is 32.1 Å². The van der Waals surface area contributed by atoms with Gasteiger partial charge in [-0.2, -0.15) is 0 Å². The van der Waals surface area contributed by atoms with Crippen molar-refractivity contribution in [2.45, 2.75) is 76.9 Å². The second kappa shape index (κ2) is 7.34. The highest BCUT2D eigenvalue weighted by Crippen LogP contribution is 2.26. The van der Waals surface area contributed by atoms with Gasteiger partial charge in [0.1, 0.15) is 11.7 Å². The molecule has 0 aliphatic carbocycles. The summed E-state index contributed by atoms with van der Waals surface area (Å²) >= 11 is 0. The van der Waals surface area contributed by atoms with Crippen LogP contribution in [0.25, 0.3) is 0 Å². The van der Waals surface area contributed by atoms with Crippen molar-refractivity contribution in [1.29, 1.82) is 0 Å². The van der Waals surface area contributed by atoms with Gasteiger partial charge in [-0.05, 0) is 52.9 Å². The van der Waals surface area contributed by atoms with Crippen LogP contribution in [-0.4, -0.2) is 48.2 Å². The zero-order valence-electron chi connectivity index (χ0n) is 13.8. The number of terminal acetylenes is 1. The molecule has 5 heteroatoms. The maximum absolute atomic E-state index is 12.3. The maximum Gasteiger partial charge on any atom is 0.410 e. The van der Waals surface area contributed by atoms with Gasteiger partial charge in [-0.1, -0.05) is 5.92 Å². The topological polar surface area (TPSA) is 48.0 Å². The molecule has 0 aromatic carbocycles. The Morgan fingerprint density at radius 2 is 2.09 bits per heavy atom. The molecule has 22 heavy (non-hydrogen) atoms. The monoisotopic (exact) mass is 309 g/mol. The van der Waals surface area contributed by atoms with Gasteiger partial charge in [0.25, 0.3) is 0 Å². The van der Waals surface area contributed by atoms with Crippen molar-refractivity contribution in [3.05, 3.63) is 0 Å². The van der Waals surface area contributed by atoms with Crippen LogP contribution in [0.3, 0.4) is 0 Å². The Morgan fingerprint density at radius 1 is 1.32 bits per heavy atom. The van der Waals surface area contributed by atoms with Crippen LogP contribution in [0.2, 0.25) is 0 Å². The van der Waals surface area contributed by atoms with Crippen LogP contribution in [0, 0.1) is 12.3 Å². The summed E-state index contributed by atoms with van der Waals surface area (Å²) in [6.45, 7) is 6.96. The molecule has 2 aliphatic rings. The fourth-order valence-corrected chi connectivity index (χ4v) is 2.88. The fourth-order valence-electron chi connectivity index (χ4n) is 2.88. The predicted octanol–water partition coefficient (Wildman–Crippen LogP) is 2.93. The lowest BCUT2D eigenvalue weighted by molar-refractivity contribution is -0.185. The molecule has 2 aliphatic heterocycles. The Morgan fingerprint density at radius 3 is 2.68 bits per heavy atom. The van der Waals surface area contributed by atoms with E-state index >= 15 is 0 Å². The molecule has 0 aromatic heterocycles. The average Bonchev–Trinajstić information content (AvgIpc) is 2.93. The third-order valence-corrected chi connectivity index (χ3v) is 3.88. The molecule has 0 N–H and O–H groups in total. The normalized spacial score (nSPS) is 27.3.